The number of rotatable bonds is 5. The number of carbonyl (C=O) groups excluding carboxylic acids is 2. The molecule has 2 amide bonds. The Kier molecular flexibility index (Phi) is 8.85. The van der Waals surface area contributed by atoms with Crippen LogP contribution in [0.25, 0.3) is 11.1 Å². The first kappa shape index (κ1) is 33.3. The molecule has 46 heavy (non-hydrogen) atoms. The van der Waals surface area contributed by atoms with E-state index in [1.807, 2.05) is 34.6 Å². The summed E-state index contributed by atoms with van der Waals surface area (Å²) in [5.74, 6) is -0.769. The zero-order valence-corrected chi connectivity index (χ0v) is 27.6. The van der Waals surface area contributed by atoms with Gasteiger partial charge in [0.2, 0.25) is 5.91 Å². The van der Waals surface area contributed by atoms with Crippen molar-refractivity contribution in [2.45, 2.75) is 96.7 Å². The predicted molar refractivity (Wildman–Crippen MR) is 169 cm³/mol. The van der Waals surface area contributed by atoms with Gasteiger partial charge in [-0.05, 0) is 77.1 Å². The van der Waals surface area contributed by atoms with E-state index in [1.165, 1.54) is 28.3 Å². The molecule has 2 atom stereocenters. The summed E-state index contributed by atoms with van der Waals surface area (Å²) in [6.07, 6.45) is 0.925. The number of amides is 2. The highest BCUT2D eigenvalue weighted by Crippen LogP contribution is 2.44. The van der Waals surface area contributed by atoms with E-state index in [9.17, 15) is 28.0 Å². The lowest BCUT2D eigenvalue weighted by Gasteiger charge is -2.36. The number of hydrogen-bond donors (Lipinski definition) is 0. The van der Waals surface area contributed by atoms with Gasteiger partial charge in [-0.1, -0.05) is 30.3 Å². The molecule has 2 aromatic heterocycles. The summed E-state index contributed by atoms with van der Waals surface area (Å²) < 4.78 is 49.3. The molecule has 244 valence electrons. The SMILES string of the molecule is CCn1cc(-c2ccccc2[C@@H]2CN(C(=O)/C=C/[C@H]3CCC(C)(C)N3C(=O)OC(C)(C)C)Cc3sc(C#N)cc32)c(C(F)(F)F)n1. The van der Waals surface area contributed by atoms with Gasteiger partial charge in [0.05, 0.1) is 12.6 Å². The maximum Gasteiger partial charge on any atom is 0.435 e. The Labute approximate surface area is 271 Å². The molecule has 0 saturated carbocycles. The average Bonchev–Trinajstić information content (AvgIpc) is 3.68. The van der Waals surface area contributed by atoms with Gasteiger partial charge < -0.3 is 9.64 Å². The van der Waals surface area contributed by atoms with E-state index in [0.29, 0.717) is 22.4 Å². The summed E-state index contributed by atoms with van der Waals surface area (Å²) in [6.45, 7) is 11.8. The lowest BCUT2D eigenvalue weighted by Crippen LogP contribution is -2.48. The second kappa shape index (κ2) is 12.2. The van der Waals surface area contributed by atoms with Gasteiger partial charge in [-0.3, -0.25) is 14.4 Å². The van der Waals surface area contributed by atoms with Gasteiger partial charge in [-0.15, -0.1) is 11.3 Å². The Morgan fingerprint density at radius 1 is 1.17 bits per heavy atom. The average molecular weight is 654 g/mol. The van der Waals surface area contributed by atoms with E-state index in [0.717, 1.165) is 16.9 Å². The van der Waals surface area contributed by atoms with E-state index >= 15 is 0 Å². The Morgan fingerprint density at radius 2 is 1.89 bits per heavy atom. The van der Waals surface area contributed by atoms with Crippen molar-refractivity contribution in [2.24, 2.45) is 0 Å². The molecule has 0 aliphatic carbocycles. The summed E-state index contributed by atoms with van der Waals surface area (Å²) in [5, 5.41) is 13.5. The van der Waals surface area contributed by atoms with Gasteiger partial charge in [0, 0.05) is 47.3 Å². The molecule has 2 aliphatic rings. The van der Waals surface area contributed by atoms with Crippen LogP contribution in [0.4, 0.5) is 18.0 Å². The fraction of sp³-hybridized carbons (Fsp3) is 0.471. The number of carbonyl (C=O) groups is 2. The number of halogens is 3. The van der Waals surface area contributed by atoms with Crippen molar-refractivity contribution in [3.05, 3.63) is 75.3 Å². The van der Waals surface area contributed by atoms with Crippen molar-refractivity contribution in [1.82, 2.24) is 19.6 Å². The quantitative estimate of drug-likeness (QED) is 0.263. The number of aryl methyl sites for hydroxylation is 1. The van der Waals surface area contributed by atoms with Crippen LogP contribution >= 0.6 is 11.3 Å². The fourth-order valence-electron chi connectivity index (χ4n) is 6.32. The summed E-state index contributed by atoms with van der Waals surface area (Å²) in [7, 11) is 0. The summed E-state index contributed by atoms with van der Waals surface area (Å²) in [4.78, 5) is 31.5. The van der Waals surface area contributed by atoms with Crippen LogP contribution in [0.15, 0.2) is 48.7 Å². The highest BCUT2D eigenvalue weighted by molar-refractivity contribution is 7.12. The highest BCUT2D eigenvalue weighted by Gasteiger charge is 2.44. The number of hydrogen-bond acceptors (Lipinski definition) is 6. The molecule has 1 aromatic carbocycles. The fourth-order valence-corrected chi connectivity index (χ4v) is 7.35. The Morgan fingerprint density at radius 3 is 2.54 bits per heavy atom. The van der Waals surface area contributed by atoms with Crippen LogP contribution in [0.5, 0.6) is 0 Å². The van der Waals surface area contributed by atoms with Crippen LogP contribution in [0, 0.1) is 11.3 Å². The number of alkyl halides is 3. The van der Waals surface area contributed by atoms with Gasteiger partial charge in [0.25, 0.3) is 0 Å². The highest BCUT2D eigenvalue weighted by atomic mass is 32.1. The van der Waals surface area contributed by atoms with Crippen molar-refractivity contribution in [3.8, 4) is 17.2 Å². The Bertz CT molecular complexity index is 1710. The normalized spacial score (nSPS) is 19.7. The smallest absolute Gasteiger partial charge is 0.435 e. The van der Waals surface area contributed by atoms with Crippen LogP contribution in [-0.2, 0) is 28.8 Å². The van der Waals surface area contributed by atoms with Crippen molar-refractivity contribution in [3.63, 3.8) is 0 Å². The third kappa shape index (κ3) is 6.70. The monoisotopic (exact) mass is 653 g/mol. The minimum atomic E-state index is -4.66. The van der Waals surface area contributed by atoms with Crippen LogP contribution in [-0.4, -0.2) is 55.3 Å². The molecular formula is C34H38F3N5O3S. The summed E-state index contributed by atoms with van der Waals surface area (Å²) >= 11 is 1.28. The Hall–Kier alpha value is -4.11. The third-order valence-corrected chi connectivity index (χ3v) is 9.48. The summed E-state index contributed by atoms with van der Waals surface area (Å²) in [6, 6.07) is 10.5. The molecule has 0 N–H and O–H groups in total. The van der Waals surface area contributed by atoms with E-state index in [-0.39, 0.29) is 37.1 Å². The van der Waals surface area contributed by atoms with E-state index < -0.39 is 35.0 Å². The molecule has 2 aliphatic heterocycles. The molecule has 1 saturated heterocycles. The second-order valence-corrected chi connectivity index (χ2v) is 14.5. The van der Waals surface area contributed by atoms with Crippen molar-refractivity contribution >= 4 is 23.3 Å². The van der Waals surface area contributed by atoms with Crippen LogP contribution in [0.1, 0.15) is 86.9 Å². The molecule has 4 heterocycles. The molecule has 0 spiro atoms. The van der Waals surface area contributed by atoms with E-state index in [2.05, 4.69) is 11.2 Å². The summed E-state index contributed by atoms with van der Waals surface area (Å²) in [5.41, 5.74) is -0.311. The topological polar surface area (TPSA) is 91.5 Å². The molecule has 1 fully saturated rings. The molecule has 8 nitrogen and oxygen atoms in total. The first-order valence-electron chi connectivity index (χ1n) is 15.3. The van der Waals surface area contributed by atoms with Gasteiger partial charge in [0.15, 0.2) is 5.69 Å². The number of fused-ring (bicyclic) bond motifs is 1. The van der Waals surface area contributed by atoms with Gasteiger partial charge in [-0.2, -0.15) is 23.5 Å². The molecule has 0 radical (unpaired) electrons. The minimum absolute atomic E-state index is 0.0309. The molecule has 5 rings (SSSR count). The predicted octanol–water partition coefficient (Wildman–Crippen LogP) is 7.73. The first-order chi connectivity index (χ1) is 21.5. The zero-order chi connectivity index (χ0) is 33.6. The maximum atomic E-state index is 14.1. The standard InChI is InChI=1S/C34H38F3N5O3S/c1-7-41-19-27(30(39-41)34(35,36)37)24-11-9-8-10-23(24)26-18-40(20-28-25(26)16-22(17-38)46-28)29(43)13-12-21-14-15-33(5,6)42(21)31(44)45-32(2,3)4/h8-13,16,19,21,26H,7,14-15,18,20H2,1-6H3/b13-12+/t21-,26-/m0/s1. The number of aromatic nitrogens is 2. The molecule has 3 aromatic rings. The lowest BCUT2D eigenvalue weighted by atomic mass is 9.83. The number of benzene rings is 1. The molecule has 0 unspecified atom stereocenters. The molecule has 12 heteroatoms. The van der Waals surface area contributed by atoms with Gasteiger partial charge >= 0.3 is 12.3 Å². The number of likely N-dealkylation sites (tertiary alicyclic amines) is 1. The van der Waals surface area contributed by atoms with Crippen molar-refractivity contribution in [2.75, 3.05) is 6.54 Å². The van der Waals surface area contributed by atoms with E-state index in [4.69, 9.17) is 4.74 Å². The third-order valence-electron chi connectivity index (χ3n) is 8.44. The van der Waals surface area contributed by atoms with Crippen molar-refractivity contribution in [1.29, 1.82) is 5.26 Å². The number of ether oxygens (including phenoxy) is 1. The second-order valence-electron chi connectivity index (χ2n) is 13.3. The first-order valence-corrected chi connectivity index (χ1v) is 16.1. The number of nitrogens with zero attached hydrogens (tertiary/aromatic N) is 5. The maximum absolute atomic E-state index is 14.1. The van der Waals surface area contributed by atoms with E-state index in [1.54, 1.807) is 53.1 Å². The van der Waals surface area contributed by atoms with Crippen molar-refractivity contribution < 1.29 is 27.5 Å². The van der Waals surface area contributed by atoms with Crippen LogP contribution in [0.2, 0.25) is 0 Å². The van der Waals surface area contributed by atoms with Crippen LogP contribution < -0.4 is 0 Å². The zero-order valence-electron chi connectivity index (χ0n) is 26.8. The molecular weight excluding hydrogens is 615 g/mol. The largest absolute Gasteiger partial charge is 0.444 e. The minimum Gasteiger partial charge on any atom is -0.444 e. The van der Waals surface area contributed by atoms with Gasteiger partial charge in [-0.25, -0.2) is 4.79 Å². The Balaban J connectivity index is 1.49. The van der Waals surface area contributed by atoms with Gasteiger partial charge in [0.1, 0.15) is 16.5 Å². The number of thiophene rings is 1. The lowest BCUT2D eigenvalue weighted by molar-refractivity contribution is -0.141. The number of nitriles is 1. The molecule has 0 bridgehead atoms. The van der Waals surface area contributed by atoms with Crippen LogP contribution in [0.3, 0.4) is 0 Å².